The molecular weight excluding hydrogens is 2060 g/mol. The fraction of sp³-hybridized carbons (Fsp3) is 0.667. The Morgan fingerprint density at radius 1 is 0.192 bits per heavy atom. The van der Waals surface area contributed by atoms with Gasteiger partial charge in [0, 0.05) is 92.4 Å². The van der Waals surface area contributed by atoms with Crippen molar-refractivity contribution in [2.24, 2.45) is 0 Å². The first-order valence-electron chi connectivity index (χ1n) is 39.3. The second-order valence-corrected chi connectivity index (χ2v) is 61.7. The average Bonchev–Trinajstić information content (AvgIpc) is 0.745. The van der Waals surface area contributed by atoms with Crippen LogP contribution in [0.15, 0.2) is 48.5 Å². The van der Waals surface area contributed by atoms with Crippen LogP contribution in [-0.2, 0) is 72.7 Å². The third kappa shape index (κ3) is 46.7. The zero-order valence-electron chi connectivity index (χ0n) is 66.6. The monoisotopic (exact) mass is 2160 g/mol. The molecule has 0 heterocycles. The number of fused-ring (bicyclic) bond motifs is 8. The van der Waals surface area contributed by atoms with Crippen LogP contribution in [0.1, 0.15) is 250 Å². The minimum absolute atomic E-state index is 0.159. The van der Waals surface area contributed by atoms with Gasteiger partial charge in [0.2, 0.25) is 0 Å². The summed E-state index contributed by atoms with van der Waals surface area (Å²) in [7, 11) is 0. The maximum atomic E-state index is 12.9. The Labute approximate surface area is 781 Å². The van der Waals surface area contributed by atoms with Crippen LogP contribution in [0.2, 0.25) is 0 Å². The Bertz CT molecular complexity index is 3430. The van der Waals surface area contributed by atoms with Crippen molar-refractivity contribution in [1.29, 1.82) is 0 Å². The summed E-state index contributed by atoms with van der Waals surface area (Å²) >= 11 is 96.5. The van der Waals surface area contributed by atoms with Crippen molar-refractivity contribution >= 4 is 228 Å². The maximum Gasteiger partial charge on any atom is 0.380 e. The quantitative estimate of drug-likeness (QED) is 0.0293. The predicted molar refractivity (Wildman–Crippen MR) is 493 cm³/mol. The van der Waals surface area contributed by atoms with Gasteiger partial charge in [0.15, 0.2) is 0 Å². The summed E-state index contributed by atoms with van der Waals surface area (Å²) in [5, 5.41) is 0. The van der Waals surface area contributed by atoms with E-state index in [9.17, 15) is 36.5 Å². The first-order valence-corrected chi connectivity index (χ1v) is 66.7. The van der Waals surface area contributed by atoms with Gasteiger partial charge >= 0.3 is 48.6 Å². The molecule has 0 saturated carbocycles. The number of ether oxygens (including phenoxy) is 8. The summed E-state index contributed by atoms with van der Waals surface area (Å²) < 4.78 is 202. The highest BCUT2D eigenvalue weighted by atomic mass is 35.9. The van der Waals surface area contributed by atoms with Gasteiger partial charge in [-0.1, -0.05) is 156 Å². The van der Waals surface area contributed by atoms with Crippen LogP contribution in [-0.4, -0.2) is 106 Å². The van der Waals surface area contributed by atoms with Crippen molar-refractivity contribution in [3.8, 4) is 46.0 Å². The molecule has 0 N–H and O–H groups in total. The minimum Gasteiger partial charge on any atom is -0.491 e. The van der Waals surface area contributed by atoms with Gasteiger partial charge in [-0.2, -0.15) is 0 Å². The van der Waals surface area contributed by atoms with Gasteiger partial charge in [-0.25, -0.2) is 0 Å². The lowest BCUT2D eigenvalue weighted by Crippen LogP contribution is -2.18. The maximum absolute atomic E-state index is 12.9. The van der Waals surface area contributed by atoms with Crippen molar-refractivity contribution < 1.29 is 111 Å². The van der Waals surface area contributed by atoms with E-state index in [2.05, 4.69) is 27.7 Å². The standard InChI is InChI=1S/C72H104Cl16O24P8/c1-5-9-13-17-21-25-53-57-45-59(67(99-31-39-107-115(77,78)91)49-65(57)97-29-37-105-113(73,74)89)54(26-22-18-14-10-6-2)61-47-63(71(103-35-43-111-119(85,86)95)51-69(61)101-33-41-109-117(81,82)93)56(28-24-20-16-12-8-4)64-48-62(70(102-34-42-110-118(83,84)94)52-72(64)104-36-44-112-120(87,88)96)55(27-23-19-15-11-7-3)60-46-58(53)66(98-30-38-106-114(75,76)90)50-68(60)100-32-40-108-116(79,80)92/h45-56H,5-44H2,1-4H3. The molecule has 1 aliphatic carbocycles. The molecule has 4 aromatic rings. The third-order valence-corrected chi connectivity index (χ3v) is 27.2. The summed E-state index contributed by atoms with van der Waals surface area (Å²) in [6.45, 7) is 2.38. The van der Waals surface area contributed by atoms with Gasteiger partial charge in [0.05, 0.1) is 52.9 Å². The Morgan fingerprint density at radius 3 is 0.433 bits per heavy atom. The van der Waals surface area contributed by atoms with Crippen LogP contribution < -0.4 is 37.9 Å². The number of benzene rings is 4. The number of hydrogen-bond acceptors (Lipinski definition) is 24. The van der Waals surface area contributed by atoms with E-state index in [0.717, 1.165) is 77.0 Å². The predicted octanol–water partition coefficient (Wildman–Crippen LogP) is 33.8. The Hall–Kier alpha value is 1.44. The van der Waals surface area contributed by atoms with Crippen molar-refractivity contribution in [1.82, 2.24) is 0 Å². The molecule has 120 heavy (non-hydrogen) atoms. The molecule has 0 amide bonds. The number of halogens is 16. The largest absolute Gasteiger partial charge is 0.491 e. The molecule has 0 spiro atoms. The summed E-state index contributed by atoms with van der Waals surface area (Å²) in [4.78, 5) is 0. The average molecular weight is 2170 g/mol. The molecule has 0 fully saturated rings. The Morgan fingerprint density at radius 2 is 0.317 bits per heavy atom. The molecule has 0 atom stereocenters. The van der Waals surface area contributed by atoms with E-state index >= 15 is 0 Å². The van der Waals surface area contributed by atoms with Gasteiger partial charge in [0.25, 0.3) is 0 Å². The lowest BCUT2D eigenvalue weighted by molar-refractivity contribution is 0.212. The van der Waals surface area contributed by atoms with Gasteiger partial charge in [0.1, 0.15) is 98.9 Å². The zero-order valence-corrected chi connectivity index (χ0v) is 85.9. The number of unbranched alkanes of at least 4 members (excludes halogenated alkanes) is 16. The van der Waals surface area contributed by atoms with Crippen molar-refractivity contribution in [2.45, 2.75) is 205 Å². The lowest BCUT2D eigenvalue weighted by atomic mass is 9.76. The van der Waals surface area contributed by atoms with E-state index in [1.165, 1.54) is 0 Å². The smallest absolute Gasteiger partial charge is 0.380 e. The lowest BCUT2D eigenvalue weighted by Gasteiger charge is -2.32. The molecule has 5 rings (SSSR count). The highest BCUT2D eigenvalue weighted by molar-refractivity contribution is 8.07. The Balaban J connectivity index is 2.36. The molecule has 0 unspecified atom stereocenters. The molecule has 688 valence electrons. The molecular formula is C72H104Cl16O24P8. The first kappa shape index (κ1) is 112. The van der Waals surface area contributed by atoms with E-state index in [0.29, 0.717) is 122 Å². The van der Waals surface area contributed by atoms with E-state index in [1.54, 1.807) is 24.3 Å². The van der Waals surface area contributed by atoms with Gasteiger partial charge in [-0.05, 0) is 230 Å². The molecule has 0 saturated heterocycles. The SMILES string of the molecule is CCCCCCCC1c2cc(c(OCCOP(=O)(Cl)Cl)cc2OCCOP(=O)(Cl)Cl)C(CCCCCCC)c2cc(c(OCCOP(=O)(Cl)Cl)cc2OCCOP(=O)(Cl)Cl)C(CCCCCCC)c2cc(c(OCCOP(=O)(Cl)Cl)cc2OCCOP(=O)(Cl)Cl)C(CCCCCCC)c2cc1c(OCCOP(=O)(Cl)Cl)cc2OCCOP(=O)(Cl)Cl. The molecule has 0 aliphatic heterocycles. The molecule has 48 heteroatoms. The molecule has 0 radical (unpaired) electrons. The second kappa shape index (κ2) is 57.1. The summed E-state index contributed by atoms with van der Waals surface area (Å²) in [5.74, 6) is -2.17. The molecule has 1 aliphatic rings. The zero-order chi connectivity index (χ0) is 88.8. The highest BCUT2D eigenvalue weighted by Crippen LogP contribution is 2.63. The molecule has 8 bridgehead atoms. The summed E-state index contributed by atoms with van der Waals surface area (Å²) in [6.07, 6.45) is -16.8. The van der Waals surface area contributed by atoms with Crippen LogP contribution in [0, 0.1) is 0 Å². The van der Waals surface area contributed by atoms with Crippen LogP contribution >= 0.6 is 228 Å². The molecule has 4 aromatic carbocycles. The van der Waals surface area contributed by atoms with Crippen molar-refractivity contribution in [2.75, 3.05) is 106 Å². The van der Waals surface area contributed by atoms with Crippen LogP contribution in [0.3, 0.4) is 0 Å². The first-order chi connectivity index (χ1) is 56.4. The van der Waals surface area contributed by atoms with Crippen molar-refractivity contribution in [3.05, 3.63) is 93.0 Å². The van der Waals surface area contributed by atoms with E-state index in [1.807, 2.05) is 24.3 Å². The van der Waals surface area contributed by atoms with Gasteiger partial charge in [-0.15, -0.1) is 0 Å². The van der Waals surface area contributed by atoms with Crippen LogP contribution in [0.4, 0.5) is 0 Å². The third-order valence-electron chi connectivity index (χ3n) is 18.6. The Kier molecular flexibility index (Phi) is 53.3. The van der Waals surface area contributed by atoms with E-state index in [-0.39, 0.29) is 98.9 Å². The van der Waals surface area contributed by atoms with Crippen LogP contribution in [0.25, 0.3) is 0 Å². The molecule has 24 nitrogen and oxygen atoms in total. The molecule has 0 aromatic heterocycles. The minimum atomic E-state index is -4.18. The van der Waals surface area contributed by atoms with Gasteiger partial charge < -0.3 is 74.1 Å². The number of hydrogen-bond donors (Lipinski definition) is 0. The van der Waals surface area contributed by atoms with E-state index < -0.39 is 125 Å². The summed E-state index contributed by atoms with van der Waals surface area (Å²) in [6, 6.07) is 14.5. The number of rotatable bonds is 64. The normalized spacial score (nSPS) is 15.7. The highest BCUT2D eigenvalue weighted by Gasteiger charge is 2.37. The van der Waals surface area contributed by atoms with Crippen LogP contribution in [0.5, 0.6) is 46.0 Å². The van der Waals surface area contributed by atoms with E-state index in [4.69, 9.17) is 254 Å². The second-order valence-electron chi connectivity index (χ2n) is 27.5. The van der Waals surface area contributed by atoms with Gasteiger partial charge in [-0.3, -0.25) is 36.5 Å². The topological polar surface area (TPSA) is 284 Å². The fourth-order valence-corrected chi connectivity index (χ4v) is 19.3. The summed E-state index contributed by atoms with van der Waals surface area (Å²) in [5.41, 5.74) is 3.88. The van der Waals surface area contributed by atoms with Crippen molar-refractivity contribution in [3.63, 3.8) is 0 Å². The fourth-order valence-electron chi connectivity index (χ4n) is 13.6.